The van der Waals surface area contributed by atoms with Crippen LogP contribution in [0.5, 0.6) is 11.6 Å². The number of hydrogen-bond donors (Lipinski definition) is 5. The fourth-order valence-corrected chi connectivity index (χ4v) is 4.64. The summed E-state index contributed by atoms with van der Waals surface area (Å²) in [5, 5.41) is 26.6. The predicted octanol–water partition coefficient (Wildman–Crippen LogP) is 4.40. The Labute approximate surface area is 209 Å². The number of hydrogen-bond acceptors (Lipinski definition) is 8. The third kappa shape index (κ3) is 4.86. The standard InChI is InChI=1S/C27H31N5O4/c1-28-25(34)18-10-11-21(22(13-18)35-2)30-27-31-24-23(26(32-27)36-19-8-3-4-9-19)20(14-29-24)17-7-5-6-16(12-17)15-33/h5-7,10-14,19,25,28,33-34H,3-4,8-9,15H2,1-2H3,(H2,29,30,31,32). The number of rotatable bonds is 9. The Balaban J connectivity index is 1.56. The van der Waals surface area contributed by atoms with Crippen molar-refractivity contribution in [3.05, 3.63) is 59.8 Å². The minimum Gasteiger partial charge on any atom is -0.495 e. The first-order chi connectivity index (χ1) is 17.6. The number of nitrogens with one attached hydrogen (secondary N) is 3. The van der Waals surface area contributed by atoms with Crippen LogP contribution < -0.4 is 20.1 Å². The van der Waals surface area contributed by atoms with Crippen LogP contribution in [0.2, 0.25) is 0 Å². The zero-order valence-electron chi connectivity index (χ0n) is 20.4. The van der Waals surface area contributed by atoms with E-state index in [0.29, 0.717) is 34.5 Å². The summed E-state index contributed by atoms with van der Waals surface area (Å²) >= 11 is 0. The Morgan fingerprint density at radius 2 is 1.97 bits per heavy atom. The fourth-order valence-electron chi connectivity index (χ4n) is 4.64. The largest absolute Gasteiger partial charge is 0.495 e. The van der Waals surface area contributed by atoms with E-state index in [1.165, 1.54) is 0 Å². The van der Waals surface area contributed by atoms with Gasteiger partial charge in [-0.1, -0.05) is 24.3 Å². The Morgan fingerprint density at radius 3 is 2.72 bits per heavy atom. The van der Waals surface area contributed by atoms with E-state index in [1.807, 2.05) is 36.5 Å². The maximum absolute atomic E-state index is 10.1. The SMILES string of the molecule is CNC(O)c1ccc(Nc2nc(OC3CCCC3)c3c(-c4cccc(CO)c4)c[nH]c3n2)c(OC)c1. The fraction of sp³-hybridized carbons (Fsp3) is 0.333. The molecule has 0 aliphatic heterocycles. The molecule has 0 bridgehead atoms. The number of ether oxygens (including phenoxy) is 2. The summed E-state index contributed by atoms with van der Waals surface area (Å²) < 4.78 is 12.0. The van der Waals surface area contributed by atoms with Gasteiger partial charge in [0.1, 0.15) is 23.7 Å². The van der Waals surface area contributed by atoms with Crippen molar-refractivity contribution < 1.29 is 19.7 Å². The van der Waals surface area contributed by atoms with Crippen LogP contribution in [0, 0.1) is 0 Å². The number of anilines is 2. The molecule has 0 amide bonds. The summed E-state index contributed by atoms with van der Waals surface area (Å²) in [6, 6.07) is 13.2. The average Bonchev–Trinajstić information content (AvgIpc) is 3.58. The maximum atomic E-state index is 10.1. The van der Waals surface area contributed by atoms with Crippen molar-refractivity contribution in [3.63, 3.8) is 0 Å². The first-order valence-corrected chi connectivity index (χ1v) is 12.2. The minimum absolute atomic E-state index is 0.0296. The van der Waals surface area contributed by atoms with Crippen LogP contribution in [0.1, 0.15) is 43.0 Å². The van der Waals surface area contributed by atoms with Crippen LogP contribution in [0.3, 0.4) is 0 Å². The molecular formula is C27H31N5O4. The molecule has 5 rings (SSSR count). The average molecular weight is 490 g/mol. The molecule has 1 aliphatic carbocycles. The van der Waals surface area contributed by atoms with Gasteiger partial charge >= 0.3 is 0 Å². The van der Waals surface area contributed by atoms with Gasteiger partial charge in [0.25, 0.3) is 0 Å². The highest BCUT2D eigenvalue weighted by Crippen LogP contribution is 2.38. The monoisotopic (exact) mass is 489 g/mol. The second-order valence-electron chi connectivity index (χ2n) is 8.94. The van der Waals surface area contributed by atoms with Gasteiger partial charge in [-0.25, -0.2) is 0 Å². The van der Waals surface area contributed by atoms with Crippen LogP contribution in [-0.2, 0) is 6.61 Å². The molecule has 4 aromatic rings. The Bertz CT molecular complexity index is 1350. The Kier molecular flexibility index (Phi) is 7.04. The van der Waals surface area contributed by atoms with E-state index in [0.717, 1.165) is 47.8 Å². The molecule has 1 fully saturated rings. The lowest BCUT2D eigenvalue weighted by molar-refractivity contribution is 0.149. The number of fused-ring (bicyclic) bond motifs is 1. The van der Waals surface area contributed by atoms with E-state index in [4.69, 9.17) is 19.4 Å². The summed E-state index contributed by atoms with van der Waals surface area (Å²) in [5.74, 6) is 1.44. The number of aliphatic hydroxyl groups is 2. The summed E-state index contributed by atoms with van der Waals surface area (Å²) in [5.41, 5.74) is 4.69. The lowest BCUT2D eigenvalue weighted by atomic mass is 10.0. The molecule has 0 saturated heterocycles. The Morgan fingerprint density at radius 1 is 1.14 bits per heavy atom. The van der Waals surface area contributed by atoms with Gasteiger partial charge in [-0.2, -0.15) is 9.97 Å². The second kappa shape index (κ2) is 10.5. The van der Waals surface area contributed by atoms with Gasteiger partial charge in [-0.3, -0.25) is 5.32 Å². The molecule has 5 N–H and O–H groups in total. The molecule has 2 aromatic carbocycles. The zero-order valence-corrected chi connectivity index (χ0v) is 20.4. The molecule has 9 heteroatoms. The third-order valence-corrected chi connectivity index (χ3v) is 6.56. The maximum Gasteiger partial charge on any atom is 0.232 e. The number of H-pyrrole nitrogens is 1. The van der Waals surface area contributed by atoms with Crippen LogP contribution in [-0.4, -0.2) is 45.4 Å². The van der Waals surface area contributed by atoms with Crippen LogP contribution in [0.25, 0.3) is 22.2 Å². The molecule has 0 radical (unpaired) electrons. The highest BCUT2D eigenvalue weighted by atomic mass is 16.5. The number of methoxy groups -OCH3 is 1. The molecule has 2 aromatic heterocycles. The highest BCUT2D eigenvalue weighted by molar-refractivity contribution is 5.98. The van der Waals surface area contributed by atoms with Crippen LogP contribution >= 0.6 is 0 Å². The molecule has 1 unspecified atom stereocenters. The summed E-state index contributed by atoms with van der Waals surface area (Å²) in [4.78, 5) is 12.8. The number of aliphatic hydroxyl groups excluding tert-OH is 2. The molecule has 36 heavy (non-hydrogen) atoms. The van der Waals surface area contributed by atoms with Crippen molar-refractivity contribution in [1.29, 1.82) is 0 Å². The number of benzene rings is 2. The molecule has 1 saturated carbocycles. The lowest BCUT2D eigenvalue weighted by Gasteiger charge is -2.17. The van der Waals surface area contributed by atoms with E-state index in [2.05, 4.69) is 15.6 Å². The topological polar surface area (TPSA) is 125 Å². The van der Waals surface area contributed by atoms with E-state index in [1.54, 1.807) is 26.3 Å². The normalized spacial score (nSPS) is 14.8. The van der Waals surface area contributed by atoms with Crippen molar-refractivity contribution in [3.8, 4) is 22.8 Å². The van der Waals surface area contributed by atoms with Gasteiger partial charge in [0.05, 0.1) is 24.8 Å². The Hall–Kier alpha value is -3.66. The molecule has 0 spiro atoms. The van der Waals surface area contributed by atoms with Crippen LogP contribution in [0.4, 0.5) is 11.6 Å². The summed E-state index contributed by atoms with van der Waals surface area (Å²) in [6.45, 7) is -0.0296. The zero-order chi connectivity index (χ0) is 25.1. The molecular weight excluding hydrogens is 458 g/mol. The van der Waals surface area contributed by atoms with E-state index >= 15 is 0 Å². The number of nitrogens with zero attached hydrogens (tertiary/aromatic N) is 2. The lowest BCUT2D eigenvalue weighted by Crippen LogP contribution is -2.15. The van der Waals surface area contributed by atoms with Crippen molar-refractivity contribution in [2.24, 2.45) is 0 Å². The van der Waals surface area contributed by atoms with Crippen molar-refractivity contribution in [1.82, 2.24) is 20.3 Å². The van der Waals surface area contributed by atoms with E-state index < -0.39 is 6.23 Å². The molecule has 2 heterocycles. The van der Waals surface area contributed by atoms with Gasteiger partial charge in [-0.15, -0.1) is 0 Å². The van der Waals surface area contributed by atoms with Gasteiger partial charge in [0, 0.05) is 11.8 Å². The number of aromatic amines is 1. The molecule has 188 valence electrons. The molecule has 1 aliphatic rings. The minimum atomic E-state index is -0.798. The highest BCUT2D eigenvalue weighted by Gasteiger charge is 2.23. The van der Waals surface area contributed by atoms with Crippen molar-refractivity contribution in [2.45, 2.75) is 44.6 Å². The van der Waals surface area contributed by atoms with Gasteiger partial charge in [0.2, 0.25) is 11.8 Å². The predicted molar refractivity (Wildman–Crippen MR) is 138 cm³/mol. The first-order valence-electron chi connectivity index (χ1n) is 12.2. The van der Waals surface area contributed by atoms with Crippen molar-refractivity contribution >= 4 is 22.7 Å². The van der Waals surface area contributed by atoms with Crippen molar-refractivity contribution in [2.75, 3.05) is 19.5 Å². The summed E-state index contributed by atoms with van der Waals surface area (Å²) in [6.07, 6.45) is 5.49. The van der Waals surface area contributed by atoms with Gasteiger partial charge in [-0.05, 0) is 67.6 Å². The third-order valence-electron chi connectivity index (χ3n) is 6.56. The van der Waals surface area contributed by atoms with Crippen LogP contribution in [0.15, 0.2) is 48.7 Å². The van der Waals surface area contributed by atoms with E-state index in [9.17, 15) is 10.2 Å². The van der Waals surface area contributed by atoms with Gasteiger partial charge in [0.15, 0.2) is 0 Å². The van der Waals surface area contributed by atoms with E-state index in [-0.39, 0.29) is 12.7 Å². The smallest absolute Gasteiger partial charge is 0.232 e. The summed E-state index contributed by atoms with van der Waals surface area (Å²) in [7, 11) is 3.26. The molecule has 9 nitrogen and oxygen atoms in total. The first kappa shape index (κ1) is 24.1. The molecule has 1 atom stereocenters. The quantitative estimate of drug-likeness (QED) is 0.219. The van der Waals surface area contributed by atoms with Gasteiger partial charge < -0.3 is 30.0 Å². The second-order valence-corrected chi connectivity index (χ2v) is 8.94. The number of aromatic nitrogens is 3.